The number of nitrogens with zero attached hydrogens (tertiary/aromatic N) is 2. The molecule has 34 heavy (non-hydrogen) atoms. The van der Waals surface area contributed by atoms with Crippen molar-refractivity contribution in [2.75, 3.05) is 17.7 Å². The van der Waals surface area contributed by atoms with E-state index in [0.29, 0.717) is 41.4 Å². The van der Waals surface area contributed by atoms with E-state index in [2.05, 4.69) is 12.2 Å². The van der Waals surface area contributed by atoms with Crippen LogP contribution in [0.3, 0.4) is 0 Å². The maximum atomic E-state index is 13.5. The lowest BCUT2D eigenvalue weighted by atomic mass is 10.1. The van der Waals surface area contributed by atoms with Gasteiger partial charge in [0.25, 0.3) is 5.56 Å². The number of rotatable bonds is 9. The molecule has 1 N–H and O–H groups in total. The molecule has 7 nitrogen and oxygen atoms in total. The van der Waals surface area contributed by atoms with E-state index in [1.165, 1.54) is 23.1 Å². The largest absolute Gasteiger partial charge is 0.376 e. The van der Waals surface area contributed by atoms with Gasteiger partial charge in [-0.15, -0.1) is 11.3 Å². The van der Waals surface area contributed by atoms with Crippen LogP contribution in [0, 0.1) is 6.92 Å². The van der Waals surface area contributed by atoms with Crippen molar-refractivity contribution in [3.05, 3.63) is 50.6 Å². The van der Waals surface area contributed by atoms with Crippen LogP contribution < -0.4 is 10.9 Å². The van der Waals surface area contributed by atoms with Gasteiger partial charge in [0.05, 0.1) is 23.8 Å². The highest BCUT2D eigenvalue weighted by molar-refractivity contribution is 7.99. The fraction of sp³-hybridized carbons (Fsp3) is 0.440. The van der Waals surface area contributed by atoms with Crippen molar-refractivity contribution < 1.29 is 14.3 Å². The topological polar surface area (TPSA) is 90.3 Å². The number of carbonyl (C=O) groups excluding carboxylic acids is 2. The van der Waals surface area contributed by atoms with Crippen molar-refractivity contribution in [1.29, 1.82) is 0 Å². The number of ketones is 1. The standard InChI is InChI=1S/C25H29N3O4S2/c1-4-19-15(3)34-23-22(19)24(31)28(13-18-7-6-12-32-18)25(27-23)33-14-20(29)16-8-10-17(11-9-16)26-21(30)5-2/h8-11,18H,4-7,12-14H2,1-3H3,(H,26,30). The summed E-state index contributed by atoms with van der Waals surface area (Å²) in [6.07, 6.45) is 3.07. The number of thiophene rings is 1. The molecule has 1 saturated heterocycles. The third kappa shape index (κ3) is 5.26. The zero-order valence-corrected chi connectivity index (χ0v) is 21.3. The van der Waals surface area contributed by atoms with Crippen molar-refractivity contribution in [2.24, 2.45) is 0 Å². The highest BCUT2D eigenvalue weighted by Gasteiger charge is 2.23. The van der Waals surface area contributed by atoms with E-state index in [1.807, 2.05) is 6.92 Å². The first-order valence-corrected chi connectivity index (χ1v) is 13.4. The Hall–Kier alpha value is -2.49. The van der Waals surface area contributed by atoms with Crippen LogP contribution in [-0.4, -0.2) is 39.7 Å². The Labute approximate surface area is 206 Å². The molecule has 0 radical (unpaired) electrons. The van der Waals surface area contributed by atoms with E-state index in [1.54, 1.807) is 35.8 Å². The Bertz CT molecular complexity index is 1260. The average molecular weight is 500 g/mol. The molecule has 3 aromatic rings. The van der Waals surface area contributed by atoms with Crippen LogP contribution >= 0.6 is 23.1 Å². The highest BCUT2D eigenvalue weighted by atomic mass is 32.2. The minimum Gasteiger partial charge on any atom is -0.376 e. The molecule has 1 atom stereocenters. The molecule has 9 heteroatoms. The first-order valence-electron chi connectivity index (χ1n) is 11.6. The molecule has 1 unspecified atom stereocenters. The summed E-state index contributed by atoms with van der Waals surface area (Å²) in [7, 11) is 0. The number of carbonyl (C=O) groups is 2. The third-order valence-corrected chi connectivity index (χ3v) is 8.00. The Morgan fingerprint density at radius 3 is 2.68 bits per heavy atom. The quantitative estimate of drug-likeness (QED) is 0.258. The van der Waals surface area contributed by atoms with E-state index in [9.17, 15) is 14.4 Å². The second-order valence-corrected chi connectivity index (χ2v) is 10.5. The minimum atomic E-state index is -0.0737. The summed E-state index contributed by atoms with van der Waals surface area (Å²) in [6.45, 7) is 7.02. The van der Waals surface area contributed by atoms with Gasteiger partial charge in [0.1, 0.15) is 4.83 Å². The van der Waals surface area contributed by atoms with Crippen molar-refractivity contribution in [2.45, 2.75) is 64.3 Å². The molecule has 1 aliphatic rings. The van der Waals surface area contributed by atoms with Crippen LogP contribution in [0.2, 0.25) is 0 Å². The fourth-order valence-electron chi connectivity index (χ4n) is 4.12. The second-order valence-electron chi connectivity index (χ2n) is 8.31. The van der Waals surface area contributed by atoms with Crippen molar-refractivity contribution in [3.8, 4) is 0 Å². The Morgan fingerprint density at radius 1 is 1.26 bits per heavy atom. The van der Waals surface area contributed by atoms with Gasteiger partial charge in [-0.2, -0.15) is 0 Å². The molecule has 1 amide bonds. The number of ether oxygens (including phenoxy) is 1. The molecular weight excluding hydrogens is 470 g/mol. The van der Waals surface area contributed by atoms with Crippen LogP contribution in [0.4, 0.5) is 5.69 Å². The van der Waals surface area contributed by atoms with Gasteiger partial charge < -0.3 is 10.1 Å². The van der Waals surface area contributed by atoms with E-state index < -0.39 is 0 Å². The molecular formula is C25H29N3O4S2. The first-order chi connectivity index (χ1) is 16.4. The van der Waals surface area contributed by atoms with Gasteiger partial charge in [0, 0.05) is 29.2 Å². The van der Waals surface area contributed by atoms with Crippen molar-refractivity contribution in [3.63, 3.8) is 0 Å². The predicted molar refractivity (Wildman–Crippen MR) is 137 cm³/mol. The SMILES string of the molecule is CCC(=O)Nc1ccc(C(=O)CSc2nc3sc(C)c(CC)c3c(=O)n2CC2CCCO2)cc1. The lowest BCUT2D eigenvalue weighted by molar-refractivity contribution is -0.115. The molecule has 1 fully saturated rings. The Kier molecular flexibility index (Phi) is 7.85. The number of anilines is 1. The first kappa shape index (κ1) is 24.6. The molecule has 0 saturated carbocycles. The maximum Gasteiger partial charge on any atom is 0.263 e. The fourth-order valence-corrected chi connectivity index (χ4v) is 6.18. The molecule has 0 spiro atoms. The zero-order chi connectivity index (χ0) is 24.2. The van der Waals surface area contributed by atoms with E-state index in [4.69, 9.17) is 9.72 Å². The number of thioether (sulfide) groups is 1. The summed E-state index contributed by atoms with van der Waals surface area (Å²) in [5.74, 6) is 0.0260. The normalized spacial score (nSPS) is 15.7. The molecule has 3 heterocycles. The molecule has 0 aliphatic carbocycles. The second kappa shape index (κ2) is 10.8. The van der Waals surface area contributed by atoms with Gasteiger partial charge in [-0.1, -0.05) is 25.6 Å². The number of benzene rings is 1. The maximum absolute atomic E-state index is 13.5. The van der Waals surface area contributed by atoms with Gasteiger partial charge in [-0.25, -0.2) is 4.98 Å². The molecule has 180 valence electrons. The molecule has 1 aliphatic heterocycles. The molecule has 1 aromatic carbocycles. The number of amides is 1. The van der Waals surface area contributed by atoms with Crippen molar-refractivity contribution >= 4 is 50.7 Å². The van der Waals surface area contributed by atoms with Gasteiger partial charge in [0.15, 0.2) is 10.9 Å². The average Bonchev–Trinajstić information content (AvgIpc) is 3.46. The number of nitrogens with one attached hydrogen (secondary N) is 1. The smallest absolute Gasteiger partial charge is 0.263 e. The van der Waals surface area contributed by atoms with Crippen LogP contribution in [0.5, 0.6) is 0 Å². The number of Topliss-reactive ketones (excluding diaryl/α,β-unsaturated/α-hetero) is 1. The summed E-state index contributed by atoms with van der Waals surface area (Å²) >= 11 is 2.82. The number of aromatic nitrogens is 2. The van der Waals surface area contributed by atoms with Gasteiger partial charge in [-0.3, -0.25) is 19.0 Å². The molecule has 4 rings (SSSR count). The predicted octanol–water partition coefficient (Wildman–Crippen LogP) is 4.83. The van der Waals surface area contributed by atoms with Crippen LogP contribution in [0.25, 0.3) is 10.2 Å². The summed E-state index contributed by atoms with van der Waals surface area (Å²) in [4.78, 5) is 44.6. The van der Waals surface area contributed by atoms with Gasteiger partial charge >= 0.3 is 0 Å². The van der Waals surface area contributed by atoms with E-state index in [0.717, 1.165) is 34.5 Å². The Balaban J connectivity index is 1.58. The van der Waals surface area contributed by atoms with Gasteiger partial charge in [0.2, 0.25) is 5.91 Å². The van der Waals surface area contributed by atoms with E-state index >= 15 is 0 Å². The number of fused-ring (bicyclic) bond motifs is 1. The highest BCUT2D eigenvalue weighted by Crippen LogP contribution is 2.30. The summed E-state index contributed by atoms with van der Waals surface area (Å²) < 4.78 is 7.49. The van der Waals surface area contributed by atoms with E-state index in [-0.39, 0.29) is 29.1 Å². The van der Waals surface area contributed by atoms with Crippen LogP contribution in [0.15, 0.2) is 34.2 Å². The monoisotopic (exact) mass is 499 g/mol. The summed E-state index contributed by atoms with van der Waals surface area (Å²) in [5.41, 5.74) is 2.22. The molecule has 2 aromatic heterocycles. The number of hydrogen-bond acceptors (Lipinski definition) is 7. The third-order valence-electron chi connectivity index (χ3n) is 5.99. The Morgan fingerprint density at radius 2 is 2.03 bits per heavy atom. The molecule has 0 bridgehead atoms. The number of hydrogen-bond donors (Lipinski definition) is 1. The lowest BCUT2D eigenvalue weighted by Crippen LogP contribution is -2.29. The van der Waals surface area contributed by atoms with Gasteiger partial charge in [-0.05, 0) is 56.0 Å². The zero-order valence-electron chi connectivity index (χ0n) is 19.7. The van der Waals surface area contributed by atoms with Crippen molar-refractivity contribution in [1.82, 2.24) is 9.55 Å². The summed E-state index contributed by atoms with van der Waals surface area (Å²) in [6, 6.07) is 6.87. The van der Waals surface area contributed by atoms with Crippen LogP contribution in [0.1, 0.15) is 53.9 Å². The number of aryl methyl sites for hydroxylation is 2. The minimum absolute atomic E-state index is 0.0114. The summed E-state index contributed by atoms with van der Waals surface area (Å²) in [5, 5.41) is 4.03. The lowest BCUT2D eigenvalue weighted by Gasteiger charge is -2.16. The van der Waals surface area contributed by atoms with Crippen LogP contribution in [-0.2, 0) is 22.5 Å².